The van der Waals surface area contributed by atoms with Crippen molar-refractivity contribution in [3.8, 4) is 11.8 Å². The Bertz CT molecular complexity index is 672. The highest BCUT2D eigenvalue weighted by Crippen LogP contribution is 2.10. The lowest BCUT2D eigenvalue weighted by Crippen LogP contribution is -2.24. The summed E-state index contributed by atoms with van der Waals surface area (Å²) in [5.41, 5.74) is 0.578. The number of aromatic nitrogens is 2. The molecule has 0 spiro atoms. The molecular formula is C15H14FN3O2. The fraction of sp³-hybridized carbons (Fsp3) is 0.200. The van der Waals surface area contributed by atoms with Gasteiger partial charge in [0, 0.05) is 24.4 Å². The SMILES string of the molecule is O=C(NCc1ncc[nH]1)c1ccc(F)cc1C#CCCO. The van der Waals surface area contributed by atoms with Gasteiger partial charge in [0.15, 0.2) is 0 Å². The van der Waals surface area contributed by atoms with Crippen molar-refractivity contribution in [3.05, 3.63) is 53.4 Å². The molecule has 1 aromatic heterocycles. The number of H-pyrrole nitrogens is 1. The van der Waals surface area contributed by atoms with E-state index in [-0.39, 0.29) is 31.0 Å². The summed E-state index contributed by atoms with van der Waals surface area (Å²) < 4.78 is 13.3. The Balaban J connectivity index is 2.14. The molecule has 6 heteroatoms. The lowest BCUT2D eigenvalue weighted by atomic mass is 10.1. The minimum atomic E-state index is -0.467. The van der Waals surface area contributed by atoms with Gasteiger partial charge in [-0.1, -0.05) is 11.8 Å². The van der Waals surface area contributed by atoms with Crippen LogP contribution in [0.2, 0.25) is 0 Å². The van der Waals surface area contributed by atoms with Gasteiger partial charge in [0.1, 0.15) is 11.6 Å². The van der Waals surface area contributed by atoms with Crippen molar-refractivity contribution in [2.45, 2.75) is 13.0 Å². The van der Waals surface area contributed by atoms with Crippen LogP contribution in [0.4, 0.5) is 4.39 Å². The Morgan fingerprint density at radius 2 is 2.33 bits per heavy atom. The number of nitrogens with one attached hydrogen (secondary N) is 2. The highest BCUT2D eigenvalue weighted by Gasteiger charge is 2.11. The second-order valence-electron chi connectivity index (χ2n) is 4.18. The van der Waals surface area contributed by atoms with E-state index in [0.29, 0.717) is 11.4 Å². The monoisotopic (exact) mass is 287 g/mol. The Morgan fingerprint density at radius 3 is 3.05 bits per heavy atom. The molecular weight excluding hydrogens is 273 g/mol. The molecule has 0 saturated carbocycles. The van der Waals surface area contributed by atoms with E-state index in [0.717, 1.165) is 0 Å². The third kappa shape index (κ3) is 4.16. The molecule has 0 aliphatic rings. The van der Waals surface area contributed by atoms with E-state index in [1.165, 1.54) is 18.2 Å². The lowest BCUT2D eigenvalue weighted by Gasteiger charge is -2.06. The largest absolute Gasteiger partial charge is 0.395 e. The molecule has 108 valence electrons. The van der Waals surface area contributed by atoms with E-state index in [1.54, 1.807) is 12.4 Å². The summed E-state index contributed by atoms with van der Waals surface area (Å²) >= 11 is 0. The van der Waals surface area contributed by atoms with E-state index in [2.05, 4.69) is 27.1 Å². The van der Waals surface area contributed by atoms with Crippen LogP contribution in [-0.2, 0) is 6.54 Å². The maximum Gasteiger partial charge on any atom is 0.252 e. The number of carbonyl (C=O) groups is 1. The summed E-state index contributed by atoms with van der Waals surface area (Å²) in [6.45, 7) is 0.162. The minimum Gasteiger partial charge on any atom is -0.395 e. The van der Waals surface area contributed by atoms with Crippen molar-refractivity contribution in [2.24, 2.45) is 0 Å². The van der Waals surface area contributed by atoms with Crippen LogP contribution in [0.15, 0.2) is 30.6 Å². The summed E-state index contributed by atoms with van der Waals surface area (Å²) in [4.78, 5) is 19.0. The zero-order valence-electron chi connectivity index (χ0n) is 11.2. The van der Waals surface area contributed by atoms with Crippen LogP contribution in [0, 0.1) is 17.7 Å². The summed E-state index contributed by atoms with van der Waals surface area (Å²) in [6, 6.07) is 3.79. The first kappa shape index (κ1) is 14.8. The molecule has 1 aromatic carbocycles. The van der Waals surface area contributed by atoms with Gasteiger partial charge >= 0.3 is 0 Å². The Labute approximate surface area is 121 Å². The number of amides is 1. The molecule has 0 aliphatic carbocycles. The first-order chi connectivity index (χ1) is 10.2. The van der Waals surface area contributed by atoms with Crippen LogP contribution in [0.25, 0.3) is 0 Å². The van der Waals surface area contributed by atoms with Gasteiger partial charge in [0.05, 0.1) is 18.7 Å². The summed E-state index contributed by atoms with van der Waals surface area (Å²) in [6.07, 6.45) is 3.51. The molecule has 0 aliphatic heterocycles. The summed E-state index contributed by atoms with van der Waals surface area (Å²) in [7, 11) is 0. The van der Waals surface area contributed by atoms with Gasteiger partial charge in [-0.25, -0.2) is 9.37 Å². The average Bonchev–Trinajstić information content (AvgIpc) is 2.98. The molecule has 2 rings (SSSR count). The number of aromatic amines is 1. The third-order valence-corrected chi connectivity index (χ3v) is 2.66. The standard InChI is InChI=1S/C15H14FN3O2/c16-12-4-5-13(11(9-12)3-1-2-8-20)15(21)19-10-14-17-6-7-18-14/h4-7,9,20H,2,8,10H2,(H,17,18)(H,19,21). The molecule has 1 heterocycles. The first-order valence-corrected chi connectivity index (χ1v) is 6.36. The molecule has 0 radical (unpaired) electrons. The molecule has 0 unspecified atom stereocenters. The first-order valence-electron chi connectivity index (χ1n) is 6.36. The second kappa shape index (κ2) is 7.22. The van der Waals surface area contributed by atoms with Gasteiger partial charge in [-0.2, -0.15) is 0 Å². The molecule has 0 atom stereocenters. The highest BCUT2D eigenvalue weighted by molar-refractivity contribution is 5.96. The number of nitrogens with zero attached hydrogens (tertiary/aromatic N) is 1. The van der Waals surface area contributed by atoms with Crippen LogP contribution in [0.5, 0.6) is 0 Å². The third-order valence-electron chi connectivity index (χ3n) is 2.66. The van der Waals surface area contributed by atoms with Crippen LogP contribution < -0.4 is 5.32 Å². The quantitative estimate of drug-likeness (QED) is 0.740. The predicted octanol–water partition coefficient (Wildman–Crippen LogP) is 1.21. The normalized spacial score (nSPS) is 9.81. The van der Waals surface area contributed by atoms with Crippen molar-refractivity contribution in [2.75, 3.05) is 6.61 Å². The summed E-state index contributed by atoms with van der Waals surface area (Å²) in [5.74, 6) is 5.17. The van der Waals surface area contributed by atoms with Gasteiger partial charge in [-0.15, -0.1) is 0 Å². The Kier molecular flexibility index (Phi) is 5.07. The van der Waals surface area contributed by atoms with E-state index in [4.69, 9.17) is 5.11 Å². The molecule has 1 amide bonds. The number of carbonyl (C=O) groups excluding carboxylic acids is 1. The van der Waals surface area contributed by atoms with Crippen molar-refractivity contribution < 1.29 is 14.3 Å². The maximum absolute atomic E-state index is 13.3. The van der Waals surface area contributed by atoms with Crippen LogP contribution in [0.1, 0.15) is 28.2 Å². The van der Waals surface area contributed by atoms with Crippen LogP contribution >= 0.6 is 0 Å². The lowest BCUT2D eigenvalue weighted by molar-refractivity contribution is 0.0949. The number of hydrogen-bond donors (Lipinski definition) is 3. The molecule has 3 N–H and O–H groups in total. The minimum absolute atomic E-state index is 0.0810. The second-order valence-corrected chi connectivity index (χ2v) is 4.18. The van der Waals surface area contributed by atoms with Crippen molar-refractivity contribution in [1.29, 1.82) is 0 Å². The van der Waals surface area contributed by atoms with Crippen LogP contribution in [-0.4, -0.2) is 27.6 Å². The van der Waals surface area contributed by atoms with Gasteiger partial charge < -0.3 is 15.4 Å². The highest BCUT2D eigenvalue weighted by atomic mass is 19.1. The average molecular weight is 287 g/mol. The zero-order chi connectivity index (χ0) is 15.1. The van der Waals surface area contributed by atoms with E-state index >= 15 is 0 Å². The molecule has 2 aromatic rings. The number of imidazole rings is 1. The van der Waals surface area contributed by atoms with Crippen LogP contribution in [0.3, 0.4) is 0 Å². The van der Waals surface area contributed by atoms with Gasteiger partial charge in [0.2, 0.25) is 0 Å². The van der Waals surface area contributed by atoms with Gasteiger partial charge in [-0.05, 0) is 18.2 Å². The van der Waals surface area contributed by atoms with E-state index < -0.39 is 5.82 Å². The van der Waals surface area contributed by atoms with Gasteiger partial charge in [-0.3, -0.25) is 4.79 Å². The fourth-order valence-corrected chi connectivity index (χ4v) is 1.69. The number of aliphatic hydroxyl groups is 1. The Morgan fingerprint density at radius 1 is 1.48 bits per heavy atom. The summed E-state index contributed by atoms with van der Waals surface area (Å²) in [5, 5.41) is 11.4. The fourth-order valence-electron chi connectivity index (χ4n) is 1.69. The number of benzene rings is 1. The smallest absolute Gasteiger partial charge is 0.252 e. The van der Waals surface area contributed by atoms with Crippen molar-refractivity contribution in [1.82, 2.24) is 15.3 Å². The number of hydrogen-bond acceptors (Lipinski definition) is 3. The Hall–Kier alpha value is -2.65. The predicted molar refractivity (Wildman–Crippen MR) is 74.7 cm³/mol. The number of aliphatic hydroxyl groups excluding tert-OH is 1. The molecule has 0 bridgehead atoms. The molecule has 0 fully saturated rings. The molecule has 5 nitrogen and oxygen atoms in total. The van der Waals surface area contributed by atoms with Gasteiger partial charge in [0.25, 0.3) is 5.91 Å². The van der Waals surface area contributed by atoms with Crippen molar-refractivity contribution >= 4 is 5.91 Å². The maximum atomic E-state index is 13.3. The van der Waals surface area contributed by atoms with E-state index in [9.17, 15) is 9.18 Å². The van der Waals surface area contributed by atoms with Crippen molar-refractivity contribution in [3.63, 3.8) is 0 Å². The number of halogens is 1. The zero-order valence-corrected chi connectivity index (χ0v) is 11.2. The number of rotatable bonds is 4. The molecule has 0 saturated heterocycles. The van der Waals surface area contributed by atoms with E-state index in [1.807, 2.05) is 0 Å². The topological polar surface area (TPSA) is 78.0 Å². The molecule has 21 heavy (non-hydrogen) atoms.